The Hall–Kier alpha value is -4.79. The predicted molar refractivity (Wildman–Crippen MR) is 150 cm³/mol. The van der Waals surface area contributed by atoms with Crippen LogP contribution < -0.4 is 9.91 Å². The number of amides is 1. The molecule has 4 heterocycles. The number of aryl methyl sites for hydroxylation is 1. The molecule has 3 aliphatic heterocycles. The molecule has 1 atom stereocenters. The van der Waals surface area contributed by atoms with Crippen LogP contribution in [0.25, 0.3) is 5.69 Å². The number of rotatable bonds is 5. The molecule has 4 aromatic rings. The molecule has 0 aliphatic carbocycles. The Morgan fingerprint density at radius 2 is 1.51 bits per heavy atom. The fourth-order valence-corrected chi connectivity index (χ4v) is 5.78. The molecule has 39 heavy (non-hydrogen) atoms. The quantitative estimate of drug-likeness (QED) is 0.330. The number of hydrogen-bond donors (Lipinski definition) is 0. The molecule has 9 heteroatoms. The summed E-state index contributed by atoms with van der Waals surface area (Å²) in [5.74, 6) is 1.44. The SMILES string of the molecule is Cc1nn(-c2ccccc2)c2c1C1(C(=O)N(CCC(C)C)c3ccccc31)N1N=NN(c3ccccc3)C1=N2. The molecule has 0 bridgehead atoms. The van der Waals surface area contributed by atoms with Crippen LogP contribution in [-0.4, -0.2) is 33.2 Å². The highest BCUT2D eigenvalue weighted by molar-refractivity contribution is 6.15. The monoisotopic (exact) mass is 516 g/mol. The van der Waals surface area contributed by atoms with Crippen LogP contribution in [0.15, 0.2) is 100 Å². The maximum absolute atomic E-state index is 14.9. The summed E-state index contributed by atoms with van der Waals surface area (Å²) in [6.45, 7) is 6.89. The number of hydrogen-bond acceptors (Lipinski definition) is 7. The minimum Gasteiger partial charge on any atom is -0.309 e. The first-order valence-electron chi connectivity index (χ1n) is 13.2. The molecule has 7 rings (SSSR count). The maximum atomic E-state index is 14.9. The number of benzene rings is 3. The van der Waals surface area contributed by atoms with E-state index in [1.807, 2.05) is 101 Å². The lowest BCUT2D eigenvalue weighted by Crippen LogP contribution is -2.56. The van der Waals surface area contributed by atoms with Gasteiger partial charge in [-0.15, -0.1) is 0 Å². The minimum atomic E-state index is -1.29. The second kappa shape index (κ2) is 8.62. The number of para-hydroxylation sites is 3. The molecule has 3 aromatic carbocycles. The van der Waals surface area contributed by atoms with Gasteiger partial charge in [0.25, 0.3) is 11.9 Å². The van der Waals surface area contributed by atoms with Crippen molar-refractivity contribution in [2.24, 2.45) is 21.4 Å². The normalized spacial score (nSPS) is 19.1. The van der Waals surface area contributed by atoms with Crippen LogP contribution in [-0.2, 0) is 10.3 Å². The lowest BCUT2D eigenvalue weighted by Gasteiger charge is -2.38. The number of nitrogens with zero attached hydrogens (tertiary/aromatic N) is 8. The van der Waals surface area contributed by atoms with Crippen LogP contribution in [0.5, 0.6) is 0 Å². The van der Waals surface area contributed by atoms with Crippen molar-refractivity contribution < 1.29 is 4.79 Å². The molecule has 194 valence electrons. The largest absolute Gasteiger partial charge is 0.309 e. The molecule has 0 radical (unpaired) electrons. The molecule has 9 nitrogen and oxygen atoms in total. The second-order valence-electron chi connectivity index (χ2n) is 10.4. The van der Waals surface area contributed by atoms with E-state index in [-0.39, 0.29) is 5.91 Å². The fourth-order valence-electron chi connectivity index (χ4n) is 5.78. The first-order valence-corrected chi connectivity index (χ1v) is 13.2. The standard InChI is InChI=1S/C30H28N8O/c1-20(2)18-19-35-25-17-11-10-16-24(25)30(28(35)39)26-21(3)32-36(22-12-6-4-7-13-22)27(26)31-29-37(33-34-38(29)30)23-14-8-5-9-15-23/h4-17,20H,18-19H2,1-3H3. The van der Waals surface area contributed by atoms with E-state index >= 15 is 0 Å². The van der Waals surface area contributed by atoms with E-state index in [4.69, 9.17) is 10.1 Å². The van der Waals surface area contributed by atoms with Crippen LogP contribution in [0.4, 0.5) is 17.2 Å². The number of carbonyl (C=O) groups is 1. The Kier molecular flexibility index (Phi) is 5.16. The van der Waals surface area contributed by atoms with Crippen molar-refractivity contribution in [2.45, 2.75) is 32.7 Å². The van der Waals surface area contributed by atoms with Crippen molar-refractivity contribution in [3.63, 3.8) is 0 Å². The third-order valence-electron chi connectivity index (χ3n) is 7.59. The summed E-state index contributed by atoms with van der Waals surface area (Å²) in [6, 6.07) is 27.6. The van der Waals surface area contributed by atoms with Crippen molar-refractivity contribution in [1.82, 2.24) is 14.8 Å². The Balaban J connectivity index is 1.51. The summed E-state index contributed by atoms with van der Waals surface area (Å²) in [5.41, 5.74) is 3.58. The van der Waals surface area contributed by atoms with Crippen LogP contribution in [0.3, 0.4) is 0 Å². The van der Waals surface area contributed by atoms with Crippen LogP contribution in [0.2, 0.25) is 0 Å². The van der Waals surface area contributed by atoms with Crippen LogP contribution in [0.1, 0.15) is 37.1 Å². The molecule has 1 unspecified atom stereocenters. The van der Waals surface area contributed by atoms with Gasteiger partial charge >= 0.3 is 0 Å². The van der Waals surface area contributed by atoms with Gasteiger partial charge in [0.05, 0.1) is 28.3 Å². The average Bonchev–Trinajstić information content (AvgIpc) is 3.61. The molecule has 0 fully saturated rings. The number of anilines is 2. The van der Waals surface area contributed by atoms with Gasteiger partial charge in [-0.05, 0) is 60.0 Å². The Morgan fingerprint density at radius 3 is 2.23 bits per heavy atom. The predicted octanol–water partition coefficient (Wildman–Crippen LogP) is 5.92. The van der Waals surface area contributed by atoms with E-state index in [0.717, 1.165) is 40.3 Å². The van der Waals surface area contributed by atoms with E-state index in [2.05, 4.69) is 24.3 Å². The molecule has 1 spiro atoms. The number of fused-ring (bicyclic) bond motifs is 6. The van der Waals surface area contributed by atoms with E-state index in [1.165, 1.54) is 0 Å². The average molecular weight is 517 g/mol. The topological polar surface area (TPSA) is 81.7 Å². The van der Waals surface area contributed by atoms with Gasteiger partial charge in [-0.2, -0.15) is 20.1 Å². The summed E-state index contributed by atoms with van der Waals surface area (Å²) >= 11 is 0. The molecule has 0 N–H and O–H groups in total. The molecule has 3 aliphatic rings. The third-order valence-corrected chi connectivity index (χ3v) is 7.59. The van der Waals surface area contributed by atoms with Gasteiger partial charge in [0.15, 0.2) is 5.82 Å². The van der Waals surface area contributed by atoms with E-state index in [0.29, 0.717) is 24.2 Å². The minimum absolute atomic E-state index is 0.0671. The van der Waals surface area contributed by atoms with Gasteiger partial charge in [-0.1, -0.05) is 68.4 Å². The van der Waals surface area contributed by atoms with Crippen molar-refractivity contribution in [2.75, 3.05) is 16.5 Å². The van der Waals surface area contributed by atoms with Crippen molar-refractivity contribution in [3.8, 4) is 5.69 Å². The lowest BCUT2D eigenvalue weighted by atomic mass is 9.82. The summed E-state index contributed by atoms with van der Waals surface area (Å²) < 4.78 is 1.82. The van der Waals surface area contributed by atoms with Gasteiger partial charge in [-0.3, -0.25) is 4.79 Å². The van der Waals surface area contributed by atoms with Gasteiger partial charge in [0, 0.05) is 12.1 Å². The molecule has 1 aromatic heterocycles. The zero-order chi connectivity index (χ0) is 26.7. The Morgan fingerprint density at radius 1 is 0.846 bits per heavy atom. The van der Waals surface area contributed by atoms with E-state index in [9.17, 15) is 4.79 Å². The van der Waals surface area contributed by atoms with Crippen molar-refractivity contribution in [1.29, 1.82) is 0 Å². The zero-order valence-electron chi connectivity index (χ0n) is 22.1. The number of carbonyl (C=O) groups excluding carboxylic acids is 1. The van der Waals surface area contributed by atoms with Crippen molar-refractivity contribution >= 4 is 29.1 Å². The first-order chi connectivity index (χ1) is 19.0. The van der Waals surface area contributed by atoms with Gasteiger partial charge in [-0.25, -0.2) is 4.68 Å². The highest BCUT2D eigenvalue weighted by Crippen LogP contribution is 2.55. The molecular formula is C30H28N8O. The number of aliphatic imine (C=N–C) groups is 1. The van der Waals surface area contributed by atoms with Gasteiger partial charge in [0.2, 0.25) is 5.54 Å². The Labute approximate surface area is 226 Å². The Bertz CT molecular complexity index is 1640. The fraction of sp³-hybridized carbons (Fsp3) is 0.233. The van der Waals surface area contributed by atoms with Crippen LogP contribution >= 0.6 is 0 Å². The number of guanidine groups is 1. The summed E-state index contributed by atoms with van der Waals surface area (Å²) in [6.07, 6.45) is 0.879. The molecular weight excluding hydrogens is 488 g/mol. The summed E-state index contributed by atoms with van der Waals surface area (Å²) in [5, 5.41) is 17.5. The highest BCUT2D eigenvalue weighted by Gasteiger charge is 2.64. The second-order valence-corrected chi connectivity index (χ2v) is 10.4. The first kappa shape index (κ1) is 23.3. The lowest BCUT2D eigenvalue weighted by molar-refractivity contribution is -0.125. The molecule has 0 saturated heterocycles. The van der Waals surface area contributed by atoms with E-state index in [1.54, 1.807) is 10.0 Å². The van der Waals surface area contributed by atoms with Gasteiger partial charge in [0.1, 0.15) is 0 Å². The number of aromatic nitrogens is 2. The molecule has 1 amide bonds. The maximum Gasteiger partial charge on any atom is 0.264 e. The van der Waals surface area contributed by atoms with E-state index < -0.39 is 5.54 Å². The summed E-state index contributed by atoms with van der Waals surface area (Å²) in [7, 11) is 0. The van der Waals surface area contributed by atoms with Crippen molar-refractivity contribution in [3.05, 3.63) is 102 Å². The van der Waals surface area contributed by atoms with Crippen LogP contribution in [0, 0.1) is 12.8 Å². The van der Waals surface area contributed by atoms with Gasteiger partial charge < -0.3 is 4.90 Å². The zero-order valence-corrected chi connectivity index (χ0v) is 22.1. The molecule has 0 saturated carbocycles. The third kappa shape index (κ3) is 3.22. The smallest absolute Gasteiger partial charge is 0.264 e. The highest BCUT2D eigenvalue weighted by atomic mass is 16.2. The summed E-state index contributed by atoms with van der Waals surface area (Å²) in [4.78, 5) is 21.9.